The molecule has 3 heterocycles. The van der Waals surface area contributed by atoms with Crippen LogP contribution in [0.4, 0.5) is 0 Å². The van der Waals surface area contributed by atoms with E-state index in [4.69, 9.17) is 14.5 Å². The molecule has 1 aliphatic heterocycles. The van der Waals surface area contributed by atoms with Crippen LogP contribution in [0.1, 0.15) is 31.0 Å². The number of thiazole rings is 1. The molecule has 6 rings (SSSR count). The Kier molecular flexibility index (Phi) is 5.96. The largest absolute Gasteiger partial charge is 0.496 e. The number of hydrogen-bond acceptors (Lipinski definition) is 6. The number of nitrogens with one attached hydrogen (secondary N) is 1. The summed E-state index contributed by atoms with van der Waals surface area (Å²) in [6.07, 6.45) is 3.77. The number of esters is 1. The van der Waals surface area contributed by atoms with Crippen LogP contribution in [0.5, 0.6) is 5.75 Å². The van der Waals surface area contributed by atoms with Gasteiger partial charge in [-0.1, -0.05) is 59.9 Å². The molecule has 7 nitrogen and oxygen atoms in total. The molecule has 0 saturated heterocycles. The highest BCUT2D eigenvalue weighted by Crippen LogP contribution is 2.40. The van der Waals surface area contributed by atoms with E-state index in [0.29, 0.717) is 26.4 Å². The van der Waals surface area contributed by atoms with Crippen molar-refractivity contribution >= 4 is 45.1 Å². The molecular formula is C30H25N3O4S. The topological polar surface area (TPSA) is 85.7 Å². The first-order valence-corrected chi connectivity index (χ1v) is 13.1. The van der Waals surface area contributed by atoms with Gasteiger partial charge >= 0.3 is 5.97 Å². The predicted octanol–water partition coefficient (Wildman–Crippen LogP) is 4.44. The normalized spacial score (nSPS) is 15.6. The Hall–Kier alpha value is -4.43. The SMILES string of the molecule is CCOC(=O)C1=C(C)N=c2s/c(=C\c3c[nH]c4ccccc34)c(=O)n2[C@@H]1c1c(OC)ccc2ccccc12. The number of rotatable bonds is 5. The highest BCUT2D eigenvalue weighted by Gasteiger charge is 2.36. The van der Waals surface area contributed by atoms with E-state index >= 15 is 0 Å². The maximum absolute atomic E-state index is 14.1. The number of para-hydroxylation sites is 1. The molecule has 8 heteroatoms. The first-order valence-electron chi connectivity index (χ1n) is 12.3. The zero-order chi connectivity index (χ0) is 26.4. The summed E-state index contributed by atoms with van der Waals surface area (Å²) < 4.78 is 13.4. The van der Waals surface area contributed by atoms with Crippen LogP contribution in [0.3, 0.4) is 0 Å². The lowest BCUT2D eigenvalue weighted by molar-refractivity contribution is -0.139. The minimum atomic E-state index is -0.767. The lowest BCUT2D eigenvalue weighted by atomic mass is 9.90. The van der Waals surface area contributed by atoms with Crippen LogP contribution in [0.15, 0.2) is 87.9 Å². The Morgan fingerprint density at radius 2 is 1.87 bits per heavy atom. The Labute approximate surface area is 222 Å². The molecule has 0 amide bonds. The lowest BCUT2D eigenvalue weighted by Gasteiger charge is -2.27. The predicted molar refractivity (Wildman–Crippen MR) is 149 cm³/mol. The molecule has 38 heavy (non-hydrogen) atoms. The van der Waals surface area contributed by atoms with Crippen molar-refractivity contribution in [1.82, 2.24) is 9.55 Å². The number of aromatic amines is 1. The number of aromatic nitrogens is 2. The summed E-state index contributed by atoms with van der Waals surface area (Å²) in [5, 5.41) is 2.88. The number of methoxy groups -OCH3 is 1. The smallest absolute Gasteiger partial charge is 0.338 e. The highest BCUT2D eigenvalue weighted by atomic mass is 32.1. The molecule has 0 aliphatic carbocycles. The molecule has 0 fully saturated rings. The maximum Gasteiger partial charge on any atom is 0.338 e. The van der Waals surface area contributed by atoms with Crippen molar-refractivity contribution in [1.29, 1.82) is 0 Å². The summed E-state index contributed by atoms with van der Waals surface area (Å²) in [5.74, 6) is 0.0797. The molecule has 1 atom stereocenters. The Balaban J connectivity index is 1.67. The zero-order valence-electron chi connectivity index (χ0n) is 21.1. The monoisotopic (exact) mass is 523 g/mol. The van der Waals surface area contributed by atoms with Gasteiger partial charge in [0, 0.05) is 28.2 Å². The number of benzene rings is 3. The number of allylic oxidation sites excluding steroid dienone is 1. The summed E-state index contributed by atoms with van der Waals surface area (Å²) in [4.78, 5) is 35.9. The minimum absolute atomic E-state index is 0.208. The van der Waals surface area contributed by atoms with Crippen LogP contribution in [-0.2, 0) is 9.53 Å². The number of carbonyl (C=O) groups excluding carboxylic acids is 1. The van der Waals surface area contributed by atoms with Crippen LogP contribution < -0.4 is 19.6 Å². The van der Waals surface area contributed by atoms with Crippen molar-refractivity contribution in [2.45, 2.75) is 19.9 Å². The Morgan fingerprint density at radius 3 is 2.66 bits per heavy atom. The molecule has 0 unspecified atom stereocenters. The van der Waals surface area contributed by atoms with Gasteiger partial charge in [-0.2, -0.15) is 0 Å². The minimum Gasteiger partial charge on any atom is -0.496 e. The van der Waals surface area contributed by atoms with Gasteiger partial charge in [-0.3, -0.25) is 9.36 Å². The third-order valence-corrected chi connectivity index (χ3v) is 7.83. The summed E-state index contributed by atoms with van der Waals surface area (Å²) in [5.41, 5.74) is 3.24. The van der Waals surface area contributed by atoms with Crippen molar-refractivity contribution in [3.8, 4) is 5.75 Å². The van der Waals surface area contributed by atoms with Gasteiger partial charge in [0.2, 0.25) is 0 Å². The van der Waals surface area contributed by atoms with E-state index in [2.05, 4.69) is 4.98 Å². The average Bonchev–Trinajstić information content (AvgIpc) is 3.47. The van der Waals surface area contributed by atoms with Crippen LogP contribution in [0.25, 0.3) is 27.8 Å². The number of carbonyl (C=O) groups is 1. The van der Waals surface area contributed by atoms with E-state index < -0.39 is 12.0 Å². The van der Waals surface area contributed by atoms with Gasteiger partial charge < -0.3 is 14.5 Å². The molecule has 190 valence electrons. The van der Waals surface area contributed by atoms with Gasteiger partial charge in [-0.15, -0.1) is 0 Å². The van der Waals surface area contributed by atoms with E-state index in [0.717, 1.165) is 32.8 Å². The second-order valence-electron chi connectivity index (χ2n) is 8.99. The number of nitrogens with zero attached hydrogens (tertiary/aromatic N) is 2. The van der Waals surface area contributed by atoms with Crippen molar-refractivity contribution in [2.75, 3.05) is 13.7 Å². The summed E-state index contributed by atoms with van der Waals surface area (Å²) >= 11 is 1.30. The molecule has 5 aromatic rings. The van der Waals surface area contributed by atoms with Crippen LogP contribution in [0.2, 0.25) is 0 Å². The molecule has 2 aromatic heterocycles. The van der Waals surface area contributed by atoms with Gasteiger partial charge in [0.15, 0.2) is 4.80 Å². The van der Waals surface area contributed by atoms with Crippen molar-refractivity contribution in [2.24, 2.45) is 4.99 Å². The molecule has 0 radical (unpaired) electrons. The van der Waals surface area contributed by atoms with E-state index in [1.807, 2.05) is 72.9 Å². The molecule has 0 spiro atoms. The van der Waals surface area contributed by atoms with Crippen molar-refractivity contribution < 1.29 is 14.3 Å². The number of ether oxygens (including phenoxy) is 2. The number of H-pyrrole nitrogens is 1. The quantitative estimate of drug-likeness (QED) is 0.345. The van der Waals surface area contributed by atoms with Crippen LogP contribution >= 0.6 is 11.3 Å². The van der Waals surface area contributed by atoms with E-state index in [1.54, 1.807) is 25.5 Å². The number of hydrogen-bond donors (Lipinski definition) is 1. The fraction of sp³-hybridized carbons (Fsp3) is 0.167. The summed E-state index contributed by atoms with van der Waals surface area (Å²) in [6, 6.07) is 18.9. The molecule has 3 aromatic carbocycles. The molecular weight excluding hydrogens is 498 g/mol. The van der Waals surface area contributed by atoms with E-state index in [1.165, 1.54) is 11.3 Å². The molecule has 0 saturated carbocycles. The van der Waals surface area contributed by atoms with E-state index in [-0.39, 0.29) is 12.2 Å². The molecule has 1 aliphatic rings. The zero-order valence-corrected chi connectivity index (χ0v) is 22.0. The standard InChI is InChI=1S/C30H25N3O4S/c1-4-37-29(35)25-17(2)32-30-33(27(25)26-21-11-6-5-9-18(21)13-14-23(26)36-3)28(34)24(38-30)15-19-16-31-22-12-8-7-10-20(19)22/h5-16,27,31H,4H2,1-3H3/b24-15-/t27-/m0/s1. The molecule has 1 N–H and O–H groups in total. The third-order valence-electron chi connectivity index (χ3n) is 6.85. The van der Waals surface area contributed by atoms with Gasteiger partial charge in [0.05, 0.1) is 29.5 Å². The lowest BCUT2D eigenvalue weighted by Crippen LogP contribution is -2.40. The number of fused-ring (bicyclic) bond motifs is 3. The Morgan fingerprint density at radius 1 is 1.11 bits per heavy atom. The van der Waals surface area contributed by atoms with Crippen LogP contribution in [0, 0.1) is 0 Å². The maximum atomic E-state index is 14.1. The summed E-state index contributed by atoms with van der Waals surface area (Å²) in [7, 11) is 1.59. The second-order valence-corrected chi connectivity index (χ2v) is 10.0. The average molecular weight is 524 g/mol. The fourth-order valence-electron chi connectivity index (χ4n) is 5.15. The van der Waals surface area contributed by atoms with Gasteiger partial charge in [0.1, 0.15) is 11.8 Å². The molecule has 0 bridgehead atoms. The van der Waals surface area contributed by atoms with Crippen LogP contribution in [-0.4, -0.2) is 29.2 Å². The van der Waals surface area contributed by atoms with Gasteiger partial charge in [-0.05, 0) is 42.8 Å². The van der Waals surface area contributed by atoms with Crippen molar-refractivity contribution in [3.63, 3.8) is 0 Å². The van der Waals surface area contributed by atoms with Gasteiger partial charge in [-0.25, -0.2) is 9.79 Å². The first-order chi connectivity index (χ1) is 18.5. The van der Waals surface area contributed by atoms with E-state index in [9.17, 15) is 9.59 Å². The second kappa shape index (κ2) is 9.46. The summed E-state index contributed by atoms with van der Waals surface area (Å²) in [6.45, 7) is 3.76. The Bertz CT molecular complexity index is 1940. The fourth-order valence-corrected chi connectivity index (χ4v) is 6.19. The van der Waals surface area contributed by atoms with Gasteiger partial charge in [0.25, 0.3) is 5.56 Å². The van der Waals surface area contributed by atoms with Crippen molar-refractivity contribution in [3.05, 3.63) is 109 Å². The first kappa shape index (κ1) is 23.9. The highest BCUT2D eigenvalue weighted by molar-refractivity contribution is 7.07. The third kappa shape index (κ3) is 3.76.